The SMILES string of the molecule is O=C(NC1CCCCC1)NC1CCN(C(=O)c2cccc(OCc3ccccc3)c2)CC1. The minimum absolute atomic E-state index is 0.0141. The lowest BCUT2D eigenvalue weighted by atomic mass is 9.96. The van der Waals surface area contributed by atoms with Crippen LogP contribution in [0.2, 0.25) is 0 Å². The second-order valence-electron chi connectivity index (χ2n) is 8.82. The predicted molar refractivity (Wildman–Crippen MR) is 125 cm³/mol. The quantitative estimate of drug-likeness (QED) is 0.702. The fourth-order valence-corrected chi connectivity index (χ4v) is 4.53. The molecule has 3 amide bonds. The molecule has 32 heavy (non-hydrogen) atoms. The molecule has 0 bridgehead atoms. The van der Waals surface area contributed by atoms with Crippen LogP contribution in [0.25, 0.3) is 0 Å². The summed E-state index contributed by atoms with van der Waals surface area (Å²) in [7, 11) is 0. The van der Waals surface area contributed by atoms with Crippen LogP contribution in [0.1, 0.15) is 60.9 Å². The average molecular weight is 436 g/mol. The van der Waals surface area contributed by atoms with E-state index in [4.69, 9.17) is 4.74 Å². The Morgan fingerprint density at radius 2 is 1.53 bits per heavy atom. The van der Waals surface area contributed by atoms with Gasteiger partial charge in [0.25, 0.3) is 5.91 Å². The van der Waals surface area contributed by atoms with Gasteiger partial charge in [-0.25, -0.2) is 4.79 Å². The third kappa shape index (κ3) is 6.25. The third-order valence-corrected chi connectivity index (χ3v) is 6.39. The van der Waals surface area contributed by atoms with Crippen molar-refractivity contribution in [3.8, 4) is 5.75 Å². The summed E-state index contributed by atoms with van der Waals surface area (Å²) in [5.41, 5.74) is 1.73. The minimum atomic E-state index is -0.0649. The summed E-state index contributed by atoms with van der Waals surface area (Å²) in [6.45, 7) is 1.75. The summed E-state index contributed by atoms with van der Waals surface area (Å²) in [5.74, 6) is 0.705. The predicted octanol–water partition coefficient (Wildman–Crippen LogP) is 4.50. The number of amides is 3. The standard InChI is InChI=1S/C26H33N3O3/c30-25(21-10-7-13-24(18-21)32-19-20-8-3-1-4-9-20)29-16-14-23(15-17-29)28-26(31)27-22-11-5-2-6-12-22/h1,3-4,7-10,13,18,22-23H,2,5-6,11-12,14-17,19H2,(H2,27,28,31). The molecule has 4 rings (SSSR count). The number of rotatable bonds is 6. The van der Waals surface area contributed by atoms with Crippen molar-refractivity contribution in [1.29, 1.82) is 0 Å². The zero-order valence-electron chi connectivity index (χ0n) is 18.6. The van der Waals surface area contributed by atoms with Gasteiger partial charge in [-0.2, -0.15) is 0 Å². The fraction of sp³-hybridized carbons (Fsp3) is 0.462. The van der Waals surface area contributed by atoms with E-state index < -0.39 is 0 Å². The van der Waals surface area contributed by atoms with Gasteiger partial charge in [-0.3, -0.25) is 4.79 Å². The van der Waals surface area contributed by atoms with Gasteiger partial charge in [-0.1, -0.05) is 55.7 Å². The number of likely N-dealkylation sites (tertiary alicyclic amines) is 1. The average Bonchev–Trinajstić information content (AvgIpc) is 2.84. The number of hydrogen-bond acceptors (Lipinski definition) is 3. The molecule has 2 aromatic carbocycles. The van der Waals surface area contributed by atoms with Gasteiger partial charge in [0, 0.05) is 30.7 Å². The van der Waals surface area contributed by atoms with Crippen LogP contribution in [0.15, 0.2) is 54.6 Å². The van der Waals surface area contributed by atoms with Crippen LogP contribution in [-0.2, 0) is 6.61 Å². The van der Waals surface area contributed by atoms with Crippen molar-refractivity contribution in [1.82, 2.24) is 15.5 Å². The maximum Gasteiger partial charge on any atom is 0.315 e. The van der Waals surface area contributed by atoms with E-state index in [1.54, 1.807) is 0 Å². The number of nitrogens with zero attached hydrogens (tertiary/aromatic N) is 1. The van der Waals surface area contributed by atoms with Crippen LogP contribution >= 0.6 is 0 Å². The molecule has 2 aliphatic rings. The summed E-state index contributed by atoms with van der Waals surface area (Å²) in [4.78, 5) is 27.2. The summed E-state index contributed by atoms with van der Waals surface area (Å²) < 4.78 is 5.87. The third-order valence-electron chi connectivity index (χ3n) is 6.39. The highest BCUT2D eigenvalue weighted by Gasteiger charge is 2.25. The highest BCUT2D eigenvalue weighted by Crippen LogP contribution is 2.20. The van der Waals surface area contributed by atoms with Gasteiger partial charge < -0.3 is 20.3 Å². The van der Waals surface area contributed by atoms with Crippen molar-refractivity contribution < 1.29 is 14.3 Å². The Morgan fingerprint density at radius 3 is 2.25 bits per heavy atom. The Morgan fingerprint density at radius 1 is 0.844 bits per heavy atom. The van der Waals surface area contributed by atoms with Crippen molar-refractivity contribution in [3.05, 3.63) is 65.7 Å². The monoisotopic (exact) mass is 435 g/mol. The second kappa shape index (κ2) is 11.0. The largest absolute Gasteiger partial charge is 0.489 e. The second-order valence-corrected chi connectivity index (χ2v) is 8.82. The normalized spacial score (nSPS) is 17.6. The molecule has 6 nitrogen and oxygen atoms in total. The first-order valence-corrected chi connectivity index (χ1v) is 11.8. The van der Waals surface area contributed by atoms with Crippen LogP contribution in [0.5, 0.6) is 5.75 Å². The summed E-state index contributed by atoms with van der Waals surface area (Å²) in [6.07, 6.45) is 7.37. The van der Waals surface area contributed by atoms with Crippen LogP contribution in [0.4, 0.5) is 4.79 Å². The topological polar surface area (TPSA) is 70.7 Å². The molecule has 0 aromatic heterocycles. The molecule has 2 N–H and O–H groups in total. The van der Waals surface area contributed by atoms with Gasteiger partial charge in [0.1, 0.15) is 12.4 Å². The van der Waals surface area contributed by atoms with Crippen molar-refractivity contribution in [2.45, 2.75) is 63.6 Å². The van der Waals surface area contributed by atoms with E-state index in [1.165, 1.54) is 19.3 Å². The Labute approximate surface area is 190 Å². The highest BCUT2D eigenvalue weighted by atomic mass is 16.5. The van der Waals surface area contributed by atoms with Crippen LogP contribution in [-0.4, -0.2) is 42.0 Å². The van der Waals surface area contributed by atoms with Gasteiger partial charge >= 0.3 is 6.03 Å². The minimum Gasteiger partial charge on any atom is -0.489 e. The van der Waals surface area contributed by atoms with Crippen molar-refractivity contribution >= 4 is 11.9 Å². The lowest BCUT2D eigenvalue weighted by Crippen LogP contribution is -2.51. The van der Waals surface area contributed by atoms with Crippen molar-refractivity contribution in [2.75, 3.05) is 13.1 Å². The van der Waals surface area contributed by atoms with Crippen LogP contribution in [0.3, 0.4) is 0 Å². The molecule has 6 heteroatoms. The molecule has 0 atom stereocenters. The highest BCUT2D eigenvalue weighted by molar-refractivity contribution is 5.94. The molecule has 1 aliphatic carbocycles. The molecule has 2 fully saturated rings. The van der Waals surface area contributed by atoms with E-state index in [9.17, 15) is 9.59 Å². The molecule has 0 spiro atoms. The van der Waals surface area contributed by atoms with Gasteiger partial charge in [-0.15, -0.1) is 0 Å². The van der Waals surface area contributed by atoms with Crippen LogP contribution in [0, 0.1) is 0 Å². The van der Waals surface area contributed by atoms with Gasteiger partial charge in [0.05, 0.1) is 0 Å². The number of ether oxygens (including phenoxy) is 1. The first kappa shape index (κ1) is 22.2. The molecular formula is C26H33N3O3. The van der Waals surface area contributed by atoms with Gasteiger partial charge in [0.15, 0.2) is 0 Å². The molecule has 1 heterocycles. The van der Waals surface area contributed by atoms with E-state index in [-0.39, 0.29) is 18.0 Å². The molecule has 1 aliphatic heterocycles. The first-order valence-electron chi connectivity index (χ1n) is 11.8. The Balaban J connectivity index is 1.23. The number of urea groups is 1. The zero-order chi connectivity index (χ0) is 22.2. The number of hydrogen-bond donors (Lipinski definition) is 2. The number of carbonyl (C=O) groups excluding carboxylic acids is 2. The molecular weight excluding hydrogens is 402 g/mol. The molecule has 2 aromatic rings. The van der Waals surface area contributed by atoms with E-state index in [1.807, 2.05) is 59.5 Å². The number of piperidine rings is 1. The molecule has 0 unspecified atom stereocenters. The summed E-state index contributed by atoms with van der Waals surface area (Å²) in [5, 5.41) is 6.21. The molecule has 170 valence electrons. The van der Waals surface area contributed by atoms with E-state index in [2.05, 4.69) is 10.6 Å². The lowest BCUT2D eigenvalue weighted by Gasteiger charge is -2.33. The lowest BCUT2D eigenvalue weighted by molar-refractivity contribution is 0.0707. The van der Waals surface area contributed by atoms with Gasteiger partial charge in [-0.05, 0) is 49.4 Å². The van der Waals surface area contributed by atoms with Crippen molar-refractivity contribution in [3.63, 3.8) is 0 Å². The van der Waals surface area contributed by atoms with Gasteiger partial charge in [0.2, 0.25) is 0 Å². The molecule has 1 saturated carbocycles. The van der Waals surface area contributed by atoms with E-state index >= 15 is 0 Å². The van der Waals surface area contributed by atoms with Crippen LogP contribution < -0.4 is 15.4 Å². The summed E-state index contributed by atoms with van der Waals surface area (Å²) >= 11 is 0. The smallest absolute Gasteiger partial charge is 0.315 e. The Bertz CT molecular complexity index is 888. The van der Waals surface area contributed by atoms with E-state index in [0.29, 0.717) is 37.1 Å². The maximum absolute atomic E-state index is 13.0. The molecule has 1 saturated heterocycles. The molecule has 0 radical (unpaired) electrons. The Kier molecular flexibility index (Phi) is 7.64. The maximum atomic E-state index is 13.0. The number of carbonyl (C=O) groups is 2. The first-order chi connectivity index (χ1) is 15.7. The summed E-state index contributed by atoms with van der Waals surface area (Å²) in [6, 6.07) is 17.7. The zero-order valence-corrected chi connectivity index (χ0v) is 18.6. The van der Waals surface area contributed by atoms with E-state index in [0.717, 1.165) is 31.2 Å². The number of nitrogens with one attached hydrogen (secondary N) is 2. The fourth-order valence-electron chi connectivity index (χ4n) is 4.53. The number of benzene rings is 2. The van der Waals surface area contributed by atoms with Crippen molar-refractivity contribution in [2.24, 2.45) is 0 Å². The Hall–Kier alpha value is -3.02.